The number of rotatable bonds is 5. The number of hydrogen-bond donors (Lipinski definition) is 1. The monoisotopic (exact) mass is 313 g/mol. The molecule has 6 heteroatoms. The normalized spacial score (nSPS) is 12.3. The lowest BCUT2D eigenvalue weighted by atomic mass is 10.1. The van der Waals surface area contributed by atoms with E-state index < -0.39 is 0 Å². The molecule has 0 aliphatic carbocycles. The van der Waals surface area contributed by atoms with Gasteiger partial charge in [0.05, 0.1) is 12.6 Å². The molecule has 3 rings (SSSR count). The molecular formula is C17H19N3O3. The molecule has 1 aromatic carbocycles. The summed E-state index contributed by atoms with van der Waals surface area (Å²) in [5, 5.41) is 3.44. The molecule has 0 spiro atoms. The second-order valence-electron chi connectivity index (χ2n) is 5.57. The van der Waals surface area contributed by atoms with E-state index in [4.69, 9.17) is 9.15 Å². The van der Waals surface area contributed by atoms with E-state index in [-0.39, 0.29) is 11.8 Å². The number of fused-ring (bicyclic) bond motifs is 1. The van der Waals surface area contributed by atoms with Gasteiger partial charge in [0.15, 0.2) is 5.58 Å². The maximum absolute atomic E-state index is 11.5. The lowest BCUT2D eigenvalue weighted by Crippen LogP contribution is -2.18. The van der Waals surface area contributed by atoms with E-state index in [0.29, 0.717) is 11.5 Å². The first-order chi connectivity index (χ1) is 11.1. The predicted octanol–water partition coefficient (Wildman–Crippen LogP) is 2.58. The van der Waals surface area contributed by atoms with Crippen LogP contribution in [0, 0.1) is 0 Å². The van der Waals surface area contributed by atoms with E-state index >= 15 is 0 Å². The second-order valence-corrected chi connectivity index (χ2v) is 5.57. The molecule has 0 aliphatic rings. The van der Waals surface area contributed by atoms with Crippen molar-refractivity contribution < 1.29 is 9.15 Å². The first kappa shape index (κ1) is 15.1. The Hall–Kier alpha value is -2.76. The number of nitrogens with one attached hydrogen (secondary N) is 1. The summed E-state index contributed by atoms with van der Waals surface area (Å²) in [5.41, 5.74) is 3.46. The van der Waals surface area contributed by atoms with Gasteiger partial charge < -0.3 is 14.5 Å². The number of methoxy groups -OCH3 is 1. The fourth-order valence-electron chi connectivity index (χ4n) is 2.59. The van der Waals surface area contributed by atoms with Gasteiger partial charge in [-0.15, -0.1) is 0 Å². The third kappa shape index (κ3) is 3.21. The average molecular weight is 313 g/mol. The van der Waals surface area contributed by atoms with Crippen LogP contribution in [0.5, 0.6) is 5.88 Å². The van der Waals surface area contributed by atoms with Crippen LogP contribution >= 0.6 is 0 Å². The van der Waals surface area contributed by atoms with Crippen molar-refractivity contribution in [3.63, 3.8) is 0 Å². The molecule has 0 bridgehead atoms. The molecule has 1 N–H and O–H groups in total. The summed E-state index contributed by atoms with van der Waals surface area (Å²) in [6, 6.07) is 9.76. The fraction of sp³-hybridized carbons (Fsp3) is 0.294. The standard InChI is InChI=1S/C17H19N3O3/c1-11(8-12-6-7-18-16(9-12)22-3)19-13-4-5-15-14(10-13)20(2)17(21)23-15/h4-7,9-11,19H,8H2,1-3H3. The van der Waals surface area contributed by atoms with Crippen molar-refractivity contribution in [1.82, 2.24) is 9.55 Å². The number of aryl methyl sites for hydroxylation is 1. The van der Waals surface area contributed by atoms with Crippen LogP contribution in [0.25, 0.3) is 11.1 Å². The summed E-state index contributed by atoms with van der Waals surface area (Å²) in [6.45, 7) is 2.10. The van der Waals surface area contributed by atoms with E-state index in [1.54, 1.807) is 26.4 Å². The van der Waals surface area contributed by atoms with Gasteiger partial charge in [0.25, 0.3) is 0 Å². The molecule has 0 amide bonds. The minimum absolute atomic E-state index is 0.212. The summed E-state index contributed by atoms with van der Waals surface area (Å²) in [7, 11) is 3.31. The Morgan fingerprint density at radius 1 is 1.35 bits per heavy atom. The molecule has 0 aliphatic heterocycles. The van der Waals surface area contributed by atoms with Crippen LogP contribution in [-0.4, -0.2) is 22.7 Å². The van der Waals surface area contributed by atoms with Crippen LogP contribution in [0.4, 0.5) is 5.69 Å². The zero-order valence-electron chi connectivity index (χ0n) is 13.4. The summed E-state index contributed by atoms with van der Waals surface area (Å²) in [5.74, 6) is 0.263. The number of hydrogen-bond acceptors (Lipinski definition) is 5. The number of pyridine rings is 1. The van der Waals surface area contributed by atoms with Crippen LogP contribution in [-0.2, 0) is 13.5 Å². The number of ether oxygens (including phenoxy) is 1. The number of aromatic nitrogens is 2. The minimum Gasteiger partial charge on any atom is -0.481 e. The van der Waals surface area contributed by atoms with Crippen LogP contribution in [0.2, 0.25) is 0 Å². The molecule has 1 unspecified atom stereocenters. The first-order valence-corrected chi connectivity index (χ1v) is 7.42. The molecule has 3 aromatic rings. The SMILES string of the molecule is COc1cc(CC(C)Nc2ccc3oc(=O)n(C)c3c2)ccn1. The predicted molar refractivity (Wildman–Crippen MR) is 89.0 cm³/mol. The van der Waals surface area contributed by atoms with Crippen LogP contribution < -0.4 is 15.8 Å². The van der Waals surface area contributed by atoms with Gasteiger partial charge in [-0.25, -0.2) is 9.78 Å². The Morgan fingerprint density at radius 2 is 2.17 bits per heavy atom. The van der Waals surface area contributed by atoms with E-state index in [9.17, 15) is 4.79 Å². The molecule has 0 saturated heterocycles. The molecule has 120 valence electrons. The quantitative estimate of drug-likeness (QED) is 0.784. The van der Waals surface area contributed by atoms with Crippen molar-refractivity contribution in [3.8, 4) is 5.88 Å². The Balaban J connectivity index is 1.75. The zero-order valence-corrected chi connectivity index (χ0v) is 13.4. The van der Waals surface area contributed by atoms with Crippen molar-refractivity contribution in [2.45, 2.75) is 19.4 Å². The van der Waals surface area contributed by atoms with Gasteiger partial charge in [0, 0.05) is 31.0 Å². The molecule has 6 nitrogen and oxygen atoms in total. The number of anilines is 1. The molecule has 2 aromatic heterocycles. The van der Waals surface area contributed by atoms with Gasteiger partial charge >= 0.3 is 5.76 Å². The van der Waals surface area contributed by atoms with Crippen molar-refractivity contribution in [3.05, 3.63) is 52.6 Å². The number of benzene rings is 1. The van der Waals surface area contributed by atoms with Gasteiger partial charge in [-0.3, -0.25) is 4.57 Å². The van der Waals surface area contributed by atoms with E-state index in [1.165, 1.54) is 4.57 Å². The Kier molecular flexibility index (Phi) is 4.06. The maximum Gasteiger partial charge on any atom is 0.419 e. The summed E-state index contributed by atoms with van der Waals surface area (Å²) in [6.07, 6.45) is 2.58. The molecule has 2 heterocycles. The van der Waals surface area contributed by atoms with Crippen molar-refractivity contribution >= 4 is 16.8 Å². The third-order valence-electron chi connectivity index (χ3n) is 3.75. The Morgan fingerprint density at radius 3 is 2.96 bits per heavy atom. The highest BCUT2D eigenvalue weighted by molar-refractivity contribution is 5.77. The largest absolute Gasteiger partial charge is 0.481 e. The minimum atomic E-state index is -0.353. The van der Waals surface area contributed by atoms with Crippen LogP contribution in [0.3, 0.4) is 0 Å². The molecule has 0 radical (unpaired) electrons. The smallest absolute Gasteiger partial charge is 0.419 e. The van der Waals surface area contributed by atoms with E-state index in [2.05, 4.69) is 17.2 Å². The number of oxazole rings is 1. The van der Waals surface area contributed by atoms with Crippen molar-refractivity contribution in [2.75, 3.05) is 12.4 Å². The van der Waals surface area contributed by atoms with Gasteiger partial charge in [-0.05, 0) is 43.2 Å². The highest BCUT2D eigenvalue weighted by Gasteiger charge is 2.09. The number of nitrogens with zero attached hydrogens (tertiary/aromatic N) is 2. The zero-order chi connectivity index (χ0) is 16.4. The highest BCUT2D eigenvalue weighted by Crippen LogP contribution is 2.19. The van der Waals surface area contributed by atoms with Crippen LogP contribution in [0.15, 0.2) is 45.7 Å². The molecule has 1 atom stereocenters. The van der Waals surface area contributed by atoms with Gasteiger partial charge in [-0.1, -0.05) is 0 Å². The topological polar surface area (TPSA) is 69.3 Å². The third-order valence-corrected chi connectivity index (χ3v) is 3.75. The Bertz CT molecular complexity index is 882. The average Bonchev–Trinajstić information content (AvgIpc) is 2.82. The lowest BCUT2D eigenvalue weighted by Gasteiger charge is -2.15. The van der Waals surface area contributed by atoms with Crippen LogP contribution in [0.1, 0.15) is 12.5 Å². The Labute approximate surface area is 133 Å². The highest BCUT2D eigenvalue weighted by atomic mass is 16.5. The fourth-order valence-corrected chi connectivity index (χ4v) is 2.59. The summed E-state index contributed by atoms with van der Waals surface area (Å²) in [4.78, 5) is 15.6. The molecule has 0 fully saturated rings. The van der Waals surface area contributed by atoms with Gasteiger partial charge in [-0.2, -0.15) is 0 Å². The second kappa shape index (κ2) is 6.16. The molecule has 23 heavy (non-hydrogen) atoms. The summed E-state index contributed by atoms with van der Waals surface area (Å²) >= 11 is 0. The summed E-state index contributed by atoms with van der Waals surface area (Å²) < 4.78 is 11.8. The van der Waals surface area contributed by atoms with E-state index in [0.717, 1.165) is 23.2 Å². The molecule has 0 saturated carbocycles. The lowest BCUT2D eigenvalue weighted by molar-refractivity contribution is 0.397. The molecular weight excluding hydrogens is 294 g/mol. The van der Waals surface area contributed by atoms with Crippen molar-refractivity contribution in [1.29, 1.82) is 0 Å². The van der Waals surface area contributed by atoms with E-state index in [1.807, 2.05) is 24.3 Å². The van der Waals surface area contributed by atoms with Gasteiger partial charge in [0.1, 0.15) is 0 Å². The first-order valence-electron chi connectivity index (χ1n) is 7.42. The van der Waals surface area contributed by atoms with Gasteiger partial charge in [0.2, 0.25) is 5.88 Å². The van der Waals surface area contributed by atoms with Crippen molar-refractivity contribution in [2.24, 2.45) is 7.05 Å². The maximum atomic E-state index is 11.5.